The van der Waals surface area contributed by atoms with Gasteiger partial charge in [-0.05, 0) is 103 Å². The van der Waals surface area contributed by atoms with Crippen molar-refractivity contribution in [3.05, 3.63) is 0 Å². The van der Waals surface area contributed by atoms with Gasteiger partial charge >= 0.3 is 15.6 Å². The first-order chi connectivity index (χ1) is 60.2. The summed E-state index contributed by atoms with van der Waals surface area (Å²) in [4.78, 5) is 128. The molecule has 0 aliphatic carbocycles. The molecule has 0 saturated carbocycles. The molecule has 732 valence electrons. The molecule has 0 aromatic rings. The van der Waals surface area contributed by atoms with Crippen molar-refractivity contribution in [2.24, 2.45) is 17.8 Å². The Balaban J connectivity index is 1.12. The van der Waals surface area contributed by atoms with E-state index in [0.717, 1.165) is 7.11 Å². The molecule has 22 atom stereocenters. The van der Waals surface area contributed by atoms with Crippen LogP contribution in [-0.4, -0.2) is 335 Å². The number of nitrogens with one attached hydrogen (secondary N) is 2. The van der Waals surface area contributed by atoms with Crippen molar-refractivity contribution in [1.82, 2.24) is 15.5 Å². The minimum Gasteiger partial charge on any atom is -0.394 e. The van der Waals surface area contributed by atoms with Gasteiger partial charge in [0.2, 0.25) is 17.7 Å². The normalized spacial score (nSPS) is 28.4. The lowest BCUT2D eigenvalue weighted by atomic mass is 9.92. The molecule has 0 spiro atoms. The van der Waals surface area contributed by atoms with Gasteiger partial charge < -0.3 is 124 Å². The zero-order chi connectivity index (χ0) is 92.6. The molecule has 5 heterocycles. The summed E-state index contributed by atoms with van der Waals surface area (Å²) in [5.74, 6) is -2.59. The standard InChI is InChI=1S/C85H151N3O36P2/c1-57-46-68(124-125(107,108)111-5)72(119-57)53-118-126(109,110)123-67-47-61(49-89)88(48-67)75(100)35-17-9-7-6-8-16-34-74(99)87-85(54-112-43-36-65(96)28-14-10-12-26-62(93)31-19-23-40-115-82-58(2)76(101)79(104)69(50-90)120-82,55-113-44-37-66(97)29-15-11-13-27-63(94)32-20-24-41-116-83-59(3)77(102)80(105)70(51-91)121-83)56-114-45-38-73(98)86-39-22-18-30-64(95)33-21-25-42-117-84-60(4)78(103)81(106)71(52-92)122-84/h57-61,67-72,76-84,89-92,101-106H,6-56H2,1-5H3,(H,86,98)(H,87,99)(H,107,108)(H,109,110)/t57-,58?,59?,60?,61-,67+,68?,69?,70?,71?,72+,76+,77+,78+,79-,80-,81-,82+,83+,84+,85?/m0/s1. The van der Waals surface area contributed by atoms with E-state index in [1.807, 2.05) is 0 Å². The molecule has 5 aliphatic rings. The van der Waals surface area contributed by atoms with Crippen molar-refractivity contribution in [2.45, 2.75) is 362 Å². The lowest BCUT2D eigenvalue weighted by molar-refractivity contribution is -0.282. The van der Waals surface area contributed by atoms with Crippen LogP contribution in [-0.2, 0) is 113 Å². The largest absolute Gasteiger partial charge is 0.472 e. The number of aliphatic hydroxyl groups is 10. The fraction of sp³-hybridized carbons (Fsp3) is 0.906. The minimum absolute atomic E-state index is 0.0240. The van der Waals surface area contributed by atoms with Crippen LogP contribution in [0.1, 0.15) is 252 Å². The van der Waals surface area contributed by atoms with Gasteiger partial charge in [-0.2, -0.15) is 0 Å². The van der Waals surface area contributed by atoms with Crippen LogP contribution in [0.15, 0.2) is 0 Å². The van der Waals surface area contributed by atoms with Crippen LogP contribution in [0.25, 0.3) is 0 Å². The molecule has 0 aromatic heterocycles. The Morgan fingerprint density at radius 3 is 1.19 bits per heavy atom. The van der Waals surface area contributed by atoms with E-state index in [9.17, 15) is 108 Å². The predicted molar refractivity (Wildman–Crippen MR) is 451 cm³/mol. The molecule has 5 rings (SSSR count). The van der Waals surface area contributed by atoms with E-state index < -0.39 is 176 Å². The minimum atomic E-state index is -4.77. The third-order valence-corrected chi connectivity index (χ3v) is 25.6. The zero-order valence-corrected chi connectivity index (χ0v) is 76.4. The lowest BCUT2D eigenvalue weighted by Crippen LogP contribution is -2.58. The summed E-state index contributed by atoms with van der Waals surface area (Å²) in [6.07, 6.45) is -1.63. The van der Waals surface area contributed by atoms with E-state index in [0.29, 0.717) is 167 Å². The summed E-state index contributed by atoms with van der Waals surface area (Å²) in [6, 6.07) is -0.691. The van der Waals surface area contributed by atoms with Crippen molar-refractivity contribution < 1.29 is 174 Å². The molecule has 5 saturated heterocycles. The quantitative estimate of drug-likeness (QED) is 0.0296. The average molecular weight is 1850 g/mol. The summed E-state index contributed by atoms with van der Waals surface area (Å²) in [6.45, 7) is 4.42. The fourth-order valence-corrected chi connectivity index (χ4v) is 17.3. The van der Waals surface area contributed by atoms with E-state index in [2.05, 4.69) is 15.2 Å². The van der Waals surface area contributed by atoms with Crippen LogP contribution in [0.3, 0.4) is 0 Å². The second-order valence-corrected chi connectivity index (χ2v) is 37.2. The molecule has 39 nitrogen and oxygen atoms in total. The number of ether oxygens (including phenoxy) is 10. The highest BCUT2D eigenvalue weighted by atomic mass is 31.2. The van der Waals surface area contributed by atoms with Crippen molar-refractivity contribution in [3.63, 3.8) is 0 Å². The Labute approximate surface area is 741 Å². The van der Waals surface area contributed by atoms with Crippen LogP contribution < -0.4 is 10.6 Å². The van der Waals surface area contributed by atoms with Crippen LogP contribution in [0.4, 0.5) is 0 Å². The monoisotopic (exact) mass is 1850 g/mol. The van der Waals surface area contributed by atoms with E-state index in [4.69, 9.17) is 60.9 Å². The van der Waals surface area contributed by atoms with Gasteiger partial charge in [-0.25, -0.2) is 9.13 Å². The highest BCUT2D eigenvalue weighted by Crippen LogP contribution is 2.50. The van der Waals surface area contributed by atoms with E-state index in [1.165, 1.54) is 4.90 Å². The fourth-order valence-electron chi connectivity index (χ4n) is 15.7. The molecule has 41 heteroatoms. The first-order valence-electron chi connectivity index (χ1n) is 45.6. The Hall–Kier alpha value is -3.82. The summed E-state index contributed by atoms with van der Waals surface area (Å²) < 4.78 is 104. The number of hydrogen-bond acceptors (Lipinski definition) is 34. The molecule has 0 radical (unpaired) electrons. The highest BCUT2D eigenvalue weighted by Gasteiger charge is 2.47. The Kier molecular flexibility index (Phi) is 55.3. The van der Waals surface area contributed by atoms with E-state index in [1.54, 1.807) is 27.7 Å². The maximum Gasteiger partial charge on any atom is 0.472 e. The molecule has 0 bridgehead atoms. The third-order valence-electron chi connectivity index (χ3n) is 23.6. The third kappa shape index (κ3) is 43.0. The second kappa shape index (κ2) is 61.9. The van der Waals surface area contributed by atoms with Crippen LogP contribution >= 0.6 is 15.6 Å². The van der Waals surface area contributed by atoms with Gasteiger partial charge in [0.1, 0.15) is 83.3 Å². The number of phosphoric ester groups is 2. The molecule has 0 aromatic carbocycles. The number of likely N-dealkylation sites (tertiary alicyclic amines) is 1. The number of ketones is 5. The van der Waals surface area contributed by atoms with Gasteiger partial charge in [0.05, 0.1) is 109 Å². The predicted octanol–water partition coefficient (Wildman–Crippen LogP) is 4.41. The smallest absolute Gasteiger partial charge is 0.394 e. The van der Waals surface area contributed by atoms with E-state index >= 15 is 0 Å². The number of Topliss-reactive ketones (excluding diaryl/α,β-unsaturated/α-hetero) is 5. The maximum atomic E-state index is 14.2. The molecular formula is C85H151N3O36P2. The molecular weight excluding hydrogens is 1700 g/mol. The molecule has 14 N–H and O–H groups in total. The van der Waals surface area contributed by atoms with Crippen LogP contribution in [0, 0.1) is 17.8 Å². The van der Waals surface area contributed by atoms with Crippen molar-refractivity contribution in [1.29, 1.82) is 0 Å². The number of phosphoric acid groups is 2. The van der Waals surface area contributed by atoms with Gasteiger partial charge in [-0.15, -0.1) is 0 Å². The summed E-state index contributed by atoms with van der Waals surface area (Å²) in [5, 5.41) is 106. The average Bonchev–Trinajstić information content (AvgIpc) is 1.44. The van der Waals surface area contributed by atoms with Gasteiger partial charge in [0.15, 0.2) is 18.9 Å². The number of amides is 3. The SMILES string of the molecule is COP(=O)(O)OC1C[C@H](C)O[C@@H]1COP(=O)(O)O[C@@H]1C[C@@H](CO)N(C(=O)CCCCCCCCC(=O)NC(COCCC(=O)CCCCCC(=O)CCCCO[C@@H]2OC(CO)[C@H](O)[C@H](O)C2C)(COCCC(=O)CCCCCC(=O)CCCCO[C@@H]2OC(CO)[C@H](O)[C@H](O)C2C)COCCC(=O)NCCCCC(=O)CCCCO[C@@H]2OC(CO)[C@H](O)[C@H](O)C2C)C1. The van der Waals surface area contributed by atoms with Crippen LogP contribution in [0.5, 0.6) is 0 Å². The topological polar surface area (TPSA) is 570 Å². The molecule has 3 amide bonds. The first kappa shape index (κ1) is 113. The summed E-state index contributed by atoms with van der Waals surface area (Å²) >= 11 is 0. The van der Waals surface area contributed by atoms with Gasteiger partial charge in [0.25, 0.3) is 0 Å². The number of rotatable bonds is 72. The van der Waals surface area contributed by atoms with Gasteiger partial charge in [-0.1, -0.05) is 59.3 Å². The van der Waals surface area contributed by atoms with Gasteiger partial charge in [-0.3, -0.25) is 56.5 Å². The van der Waals surface area contributed by atoms with Crippen molar-refractivity contribution in [2.75, 3.05) is 113 Å². The summed E-state index contributed by atoms with van der Waals surface area (Å²) in [7, 11) is -8.20. The number of unbranched alkanes of at least 4 members (excludes halogenated alkanes) is 13. The first-order valence-corrected chi connectivity index (χ1v) is 48.6. The number of carbonyl (C=O) groups is 8. The zero-order valence-electron chi connectivity index (χ0n) is 74.6. The number of nitrogens with zero attached hydrogens (tertiary/aromatic N) is 1. The second-order valence-electron chi connectivity index (χ2n) is 34.3. The highest BCUT2D eigenvalue weighted by molar-refractivity contribution is 7.47. The van der Waals surface area contributed by atoms with E-state index in [-0.39, 0.29) is 177 Å². The van der Waals surface area contributed by atoms with Crippen LogP contribution in [0.2, 0.25) is 0 Å². The molecule has 5 fully saturated rings. The molecule has 126 heavy (non-hydrogen) atoms. The number of aliphatic hydroxyl groups excluding tert-OH is 10. The Bertz CT molecular complexity index is 3010. The lowest BCUT2D eigenvalue weighted by Gasteiger charge is -2.40. The Morgan fingerprint density at radius 1 is 0.405 bits per heavy atom. The molecule has 5 aliphatic heterocycles. The van der Waals surface area contributed by atoms with Gasteiger partial charge in [0, 0.05) is 148 Å². The number of carbonyl (C=O) groups excluding carboxylic acids is 8. The van der Waals surface area contributed by atoms with Crippen molar-refractivity contribution >= 4 is 62.3 Å². The number of hydrogen-bond donors (Lipinski definition) is 14. The maximum absolute atomic E-state index is 14.2. The Morgan fingerprint density at radius 2 is 0.778 bits per heavy atom. The van der Waals surface area contributed by atoms with Crippen molar-refractivity contribution in [3.8, 4) is 0 Å². The summed E-state index contributed by atoms with van der Waals surface area (Å²) in [5.41, 5.74) is -1.40. The molecule has 9 unspecified atom stereocenters.